The third-order valence-corrected chi connectivity index (χ3v) is 30.0. The number of fused-ring (bicyclic) bond motifs is 6. The maximum atomic E-state index is 6.62. The number of rotatable bonds is 21. The lowest BCUT2D eigenvalue weighted by molar-refractivity contribution is 0.173. The van der Waals surface area contributed by atoms with Crippen molar-refractivity contribution in [2.45, 2.75) is 242 Å². The lowest BCUT2D eigenvalue weighted by atomic mass is 9.63. The molecule has 0 amide bonds. The number of aliphatic imine (C=N–C) groups is 4. The zero-order valence-corrected chi connectivity index (χ0v) is 79.7. The standard InChI is InChI=1S/C116H116N10O8/c1-61-43-51-93(127-61)77-27-19-35-85(117-77)101-69(9)105(89-39-23-31-81(121-89)97-55-47-65(5)131-97)113-109(73(101)13)110-74(14)102(86-36-20-28-78(118-86)94-52-44-62(2)128-94)70(10)106(90-40-24-32-82(122-90)98-56-48-66(6)132-98)114(110)125(113)59-17-18-60-126-115-107(91-41-25-33-83(123-91)99-57-49-67(7)133-99)71(11)103(87-37-21-29-79(119-87)95-53-45-63(3)129-95)75(15)111(115)112-76(16)104(88-38-22-30-80(120-88)96-54-46-64(4)130-96)72(12)108(116(112)126)92-42-26-34-84(124-92)100-58-50-68(8)134-100/h19,21,23-25,27-32,35,37,39-41,43-53,55-58,70,72,74-75,83,92,96,102-103,106,108H,17-18,20,22,26,33-34,36,38,42,54,59-60H2,1-16H3/t70?,72?,74?,75?,83?,92?,96?,102?,103?,106-,108?/m1/s1. The van der Waals surface area contributed by atoms with Gasteiger partial charge in [-0.3, -0.25) is 20.0 Å². The van der Waals surface area contributed by atoms with E-state index in [-0.39, 0.29) is 65.5 Å². The number of benzene rings is 1. The largest absolute Gasteiger partial charge is 0.489 e. The summed E-state index contributed by atoms with van der Waals surface area (Å²) in [6, 6.07) is 54.2. The lowest BCUT2D eigenvalue weighted by Crippen LogP contribution is -2.37. The molecule has 0 saturated carbocycles. The predicted octanol–water partition coefficient (Wildman–Crippen LogP) is 29.4. The summed E-state index contributed by atoms with van der Waals surface area (Å²) in [5.41, 5.74) is 30.8. The van der Waals surface area contributed by atoms with E-state index in [9.17, 15) is 0 Å². The van der Waals surface area contributed by atoms with Crippen molar-refractivity contribution in [1.82, 2.24) is 29.1 Å². The van der Waals surface area contributed by atoms with Gasteiger partial charge in [-0.25, -0.2) is 19.9 Å². The molecule has 11 atom stereocenters. The van der Waals surface area contributed by atoms with E-state index < -0.39 is 0 Å². The average Bonchev–Trinajstić information content (AvgIpc) is 1.53. The molecule has 8 aliphatic rings. The molecular formula is C116H116N10O8. The molecule has 0 radical (unpaired) electrons. The van der Waals surface area contributed by atoms with E-state index in [1.807, 2.05) is 97.0 Å². The van der Waals surface area contributed by atoms with Gasteiger partial charge in [0.1, 0.15) is 92.5 Å². The molecule has 0 bridgehead atoms. The molecule has 5 aliphatic heterocycles. The van der Waals surface area contributed by atoms with Crippen molar-refractivity contribution < 1.29 is 35.7 Å². The van der Waals surface area contributed by atoms with Crippen molar-refractivity contribution in [3.8, 4) is 68.3 Å². The molecule has 0 fully saturated rings. The van der Waals surface area contributed by atoms with Gasteiger partial charge in [0, 0.05) is 99.3 Å². The fraction of sp³-hybridized carbons (Fsp3) is 0.345. The Morgan fingerprint density at radius 3 is 1.57 bits per heavy atom. The second kappa shape index (κ2) is 34.5. The van der Waals surface area contributed by atoms with Crippen LogP contribution in [0.4, 0.5) is 0 Å². The van der Waals surface area contributed by atoms with E-state index in [2.05, 4.69) is 211 Å². The van der Waals surface area contributed by atoms with E-state index in [1.54, 1.807) is 0 Å². The van der Waals surface area contributed by atoms with Gasteiger partial charge in [-0.1, -0.05) is 75.8 Å². The zero-order valence-electron chi connectivity index (χ0n) is 79.7. The van der Waals surface area contributed by atoms with Crippen LogP contribution >= 0.6 is 0 Å². The van der Waals surface area contributed by atoms with Crippen LogP contribution in [-0.2, 0) is 17.8 Å². The van der Waals surface area contributed by atoms with Gasteiger partial charge in [0.05, 0.1) is 57.2 Å². The molecule has 14 aromatic rings. The fourth-order valence-corrected chi connectivity index (χ4v) is 24.3. The lowest BCUT2D eigenvalue weighted by Gasteiger charge is -2.42. The van der Waals surface area contributed by atoms with Crippen LogP contribution in [0.3, 0.4) is 0 Å². The number of hydrogen-bond donors (Lipinski definition) is 0. The Bertz CT molecular complexity index is 7390. The molecule has 0 spiro atoms. The van der Waals surface area contributed by atoms with Crippen LogP contribution in [0.5, 0.6) is 0 Å². The summed E-state index contributed by atoms with van der Waals surface area (Å²) < 4.78 is 57.8. The highest BCUT2D eigenvalue weighted by Gasteiger charge is 2.51. The molecule has 10 unspecified atom stereocenters. The number of pyridine rings is 4. The number of allylic oxidation sites excluding steroid dienone is 8. The molecule has 18 nitrogen and oxygen atoms in total. The van der Waals surface area contributed by atoms with Crippen molar-refractivity contribution in [3.05, 3.63) is 325 Å². The molecule has 0 saturated heterocycles. The second-order valence-corrected chi connectivity index (χ2v) is 38.8. The summed E-state index contributed by atoms with van der Waals surface area (Å²) in [5.74, 6) is 11.3. The highest BCUT2D eigenvalue weighted by molar-refractivity contribution is 6.31. The SMILES string of the molecule is CC1=CCC(C2=CCCC(C3=C(C)c4c5c(n(CCCCn6c7c(c8c(C)c(-c9cccc(-c%10ccc(C)o%10)n9)c(C)c(-c9cccc(-c%10ccc(C)o%10)n9)c86)C(C)C(C6=NC(c8ccc(C)o8)=CCC6)C(C)[C@@H]7c6cccc(-c7ccc(C)o7)n6)c4C(C4CCCC(c6ccc(C)o6)=N4)C3C)C(C3=NC(c4ccc(C)o4)CC=C3)=C(C)C(c3cccc(-c4ccc(C)o4)n3)C5C)=N2)O1. The van der Waals surface area contributed by atoms with Gasteiger partial charge < -0.3 is 44.8 Å². The highest BCUT2D eigenvalue weighted by atomic mass is 16.5. The number of dihydropyridines is 1. The van der Waals surface area contributed by atoms with Crippen LogP contribution in [-0.4, -0.2) is 64.1 Å². The van der Waals surface area contributed by atoms with Gasteiger partial charge in [-0.15, -0.1) is 0 Å². The van der Waals surface area contributed by atoms with Crippen molar-refractivity contribution in [3.63, 3.8) is 0 Å². The van der Waals surface area contributed by atoms with Gasteiger partial charge in [0.25, 0.3) is 0 Å². The molecule has 678 valence electrons. The van der Waals surface area contributed by atoms with Crippen LogP contribution in [0.15, 0.2) is 262 Å². The predicted molar refractivity (Wildman–Crippen MR) is 532 cm³/mol. The summed E-state index contributed by atoms with van der Waals surface area (Å²) in [7, 11) is 0. The maximum absolute atomic E-state index is 6.62. The summed E-state index contributed by atoms with van der Waals surface area (Å²) in [5, 5.41) is 1.18. The molecule has 3 aliphatic carbocycles. The molecule has 1 aromatic carbocycles. The van der Waals surface area contributed by atoms with Crippen LogP contribution in [0.1, 0.15) is 269 Å². The maximum Gasteiger partial charge on any atom is 0.152 e. The monoisotopic (exact) mass is 1780 g/mol. The minimum absolute atomic E-state index is 0.0339. The molecule has 134 heavy (non-hydrogen) atoms. The van der Waals surface area contributed by atoms with Gasteiger partial charge >= 0.3 is 0 Å². The average molecular weight is 1780 g/mol. The Morgan fingerprint density at radius 2 is 0.985 bits per heavy atom. The number of aryl methyl sites for hydroxylation is 9. The molecule has 13 aromatic heterocycles. The topological polar surface area (TPSA) is 212 Å². The number of nitrogens with zero attached hydrogens (tertiary/aromatic N) is 10. The zero-order chi connectivity index (χ0) is 91.9. The third-order valence-electron chi connectivity index (χ3n) is 30.0. The van der Waals surface area contributed by atoms with E-state index in [4.69, 9.17) is 75.6 Å². The Hall–Kier alpha value is -13.5. The second-order valence-electron chi connectivity index (χ2n) is 38.8. The van der Waals surface area contributed by atoms with Gasteiger partial charge in [-0.05, 0) is 350 Å². The number of hydrogen-bond acceptors (Lipinski definition) is 16. The number of aromatic nitrogens is 6. The minimum atomic E-state index is -0.281. The molecular weight excluding hydrogens is 1660 g/mol. The fourth-order valence-electron chi connectivity index (χ4n) is 24.3. The number of unbranched alkanes of at least 4 members (excludes halogenated alkanes) is 1. The van der Waals surface area contributed by atoms with Crippen LogP contribution in [0.2, 0.25) is 0 Å². The van der Waals surface area contributed by atoms with E-state index in [0.29, 0.717) is 31.0 Å². The first-order valence-corrected chi connectivity index (χ1v) is 48.5. The first-order chi connectivity index (χ1) is 65.0. The van der Waals surface area contributed by atoms with E-state index in [0.717, 1.165) is 252 Å². The highest BCUT2D eigenvalue weighted by Crippen LogP contribution is 2.61. The Morgan fingerprint density at radius 1 is 0.433 bits per heavy atom. The van der Waals surface area contributed by atoms with Crippen LogP contribution < -0.4 is 0 Å². The van der Waals surface area contributed by atoms with Crippen molar-refractivity contribution in [2.75, 3.05) is 0 Å². The van der Waals surface area contributed by atoms with E-state index in [1.165, 1.54) is 55.9 Å². The van der Waals surface area contributed by atoms with Crippen molar-refractivity contribution >= 4 is 50.6 Å². The Labute approximate surface area is 783 Å². The molecule has 0 N–H and O–H groups in total. The molecule has 22 rings (SSSR count). The third kappa shape index (κ3) is 15.1. The Balaban J connectivity index is 0.795. The molecule has 18 heteroatoms. The quantitative estimate of drug-likeness (QED) is 0.0615. The van der Waals surface area contributed by atoms with Gasteiger partial charge in [0.2, 0.25) is 0 Å². The summed E-state index contributed by atoms with van der Waals surface area (Å²) >= 11 is 0. The van der Waals surface area contributed by atoms with Gasteiger partial charge in [-0.2, -0.15) is 0 Å². The van der Waals surface area contributed by atoms with Crippen LogP contribution in [0, 0.1) is 80.1 Å². The summed E-state index contributed by atoms with van der Waals surface area (Å²) in [6.07, 6.45) is 20.3. The summed E-state index contributed by atoms with van der Waals surface area (Å²) in [6.45, 7) is 36.8. The Kier molecular flexibility index (Phi) is 22.1. The smallest absolute Gasteiger partial charge is 0.152 e. The molecule has 18 heterocycles. The number of furan rings is 7. The normalized spacial score (nSPS) is 22.4. The number of ether oxygens (including phenoxy) is 1. The first-order valence-electron chi connectivity index (χ1n) is 48.5. The van der Waals surface area contributed by atoms with Crippen molar-refractivity contribution in [2.24, 2.45) is 37.7 Å². The minimum Gasteiger partial charge on any atom is -0.489 e. The summed E-state index contributed by atoms with van der Waals surface area (Å²) in [4.78, 5) is 46.7. The van der Waals surface area contributed by atoms with Crippen molar-refractivity contribution in [1.29, 1.82) is 0 Å². The van der Waals surface area contributed by atoms with Gasteiger partial charge in [0.15, 0.2) is 28.8 Å². The first kappa shape index (κ1) is 86.0. The van der Waals surface area contributed by atoms with Crippen LogP contribution in [0.25, 0.3) is 96.1 Å². The van der Waals surface area contributed by atoms with E-state index >= 15 is 0 Å².